The second-order valence-electron chi connectivity index (χ2n) is 15.2. The van der Waals surface area contributed by atoms with Crippen LogP contribution in [0.4, 0.5) is 0 Å². The molecule has 0 radical (unpaired) electrons. The van der Waals surface area contributed by atoms with Crippen LogP contribution in [0.5, 0.6) is 0 Å². The van der Waals surface area contributed by atoms with Crippen LogP contribution in [-0.2, 0) is 32.7 Å². The zero-order valence-electron chi connectivity index (χ0n) is 34.0. The fourth-order valence-corrected chi connectivity index (χ4v) is 7.55. The minimum Gasteiger partial charge on any atom is -0.462 e. The van der Waals surface area contributed by atoms with Crippen molar-refractivity contribution in [2.75, 3.05) is 13.2 Å². The van der Waals surface area contributed by atoms with Gasteiger partial charge < -0.3 is 39.9 Å². The Morgan fingerprint density at radius 3 is 1.40 bits per heavy atom. The Morgan fingerprint density at radius 1 is 0.545 bits per heavy atom. The maximum atomic E-state index is 12.8. The molecule has 324 valence electrons. The predicted octanol–water partition coefficient (Wildman–Crippen LogP) is 7.50. The standard InChI is InChI=1S/C41H77O13P/c1-3-5-7-9-11-13-15-16-17-18-20-21-23-25-27-29-34(42)51-31-33(53-35(43)30-28-26-24-22-19-14-12-10-8-6-4-2)32-52-55(49,50)54-41-39(47)37(45)36(44)38(46)40(41)48/h13,15,33,36-41,44-48H,3-12,14,16-32H2,1-2H3,(H,49,50)/b15-13+/t33-,36?,37-,38?,39?,40?,41?/m1/s1. The number of ether oxygens (including phenoxy) is 2. The molecule has 0 aromatic rings. The predicted molar refractivity (Wildman–Crippen MR) is 212 cm³/mol. The Bertz CT molecular complexity index is 1030. The van der Waals surface area contributed by atoms with Gasteiger partial charge in [-0.1, -0.05) is 142 Å². The second kappa shape index (κ2) is 32.5. The average Bonchev–Trinajstić information content (AvgIpc) is 3.16. The Hall–Kier alpha value is -1.41. The summed E-state index contributed by atoms with van der Waals surface area (Å²) in [6.45, 7) is 3.26. The fraction of sp³-hybridized carbons (Fsp3) is 0.902. The second-order valence-corrected chi connectivity index (χ2v) is 16.6. The van der Waals surface area contributed by atoms with E-state index < -0.39 is 75.7 Å². The molecule has 0 aliphatic heterocycles. The molecular weight excluding hydrogens is 731 g/mol. The molecular formula is C41H77O13P. The number of phosphoric acid groups is 1. The molecule has 14 heteroatoms. The third-order valence-corrected chi connectivity index (χ3v) is 11.1. The highest BCUT2D eigenvalue weighted by Gasteiger charge is 2.51. The molecule has 1 saturated carbocycles. The minimum atomic E-state index is -5.11. The largest absolute Gasteiger partial charge is 0.472 e. The summed E-state index contributed by atoms with van der Waals surface area (Å²) < 4.78 is 33.4. The summed E-state index contributed by atoms with van der Waals surface area (Å²) in [5.74, 6) is -1.10. The molecule has 0 heterocycles. The number of carbonyl (C=O) groups excluding carboxylic acids is 2. The monoisotopic (exact) mass is 809 g/mol. The number of rotatable bonds is 35. The molecule has 1 aliphatic rings. The van der Waals surface area contributed by atoms with Gasteiger partial charge in [0, 0.05) is 12.8 Å². The van der Waals surface area contributed by atoms with E-state index in [4.69, 9.17) is 18.5 Å². The molecule has 0 amide bonds. The first kappa shape index (κ1) is 51.6. The smallest absolute Gasteiger partial charge is 0.462 e. The van der Waals surface area contributed by atoms with E-state index in [-0.39, 0.29) is 12.8 Å². The van der Waals surface area contributed by atoms with Gasteiger partial charge in [0.2, 0.25) is 0 Å². The zero-order chi connectivity index (χ0) is 40.7. The molecule has 1 fully saturated rings. The Labute approximate surface area is 331 Å². The molecule has 0 saturated heterocycles. The summed E-state index contributed by atoms with van der Waals surface area (Å²) in [6, 6.07) is 0. The zero-order valence-corrected chi connectivity index (χ0v) is 34.9. The number of carbonyl (C=O) groups is 2. The Morgan fingerprint density at radius 2 is 0.927 bits per heavy atom. The van der Waals surface area contributed by atoms with E-state index in [2.05, 4.69) is 26.0 Å². The van der Waals surface area contributed by atoms with E-state index in [1.54, 1.807) is 0 Å². The van der Waals surface area contributed by atoms with Crippen LogP contribution in [0.25, 0.3) is 0 Å². The van der Waals surface area contributed by atoms with Gasteiger partial charge in [-0.05, 0) is 38.5 Å². The van der Waals surface area contributed by atoms with Crippen LogP contribution >= 0.6 is 7.82 Å². The van der Waals surface area contributed by atoms with Crippen molar-refractivity contribution >= 4 is 19.8 Å². The molecule has 0 aromatic carbocycles. The molecule has 55 heavy (non-hydrogen) atoms. The maximum Gasteiger partial charge on any atom is 0.472 e. The summed E-state index contributed by atoms with van der Waals surface area (Å²) in [5, 5.41) is 50.0. The summed E-state index contributed by atoms with van der Waals surface area (Å²) in [6.07, 6.45) is 18.5. The number of hydrogen-bond acceptors (Lipinski definition) is 12. The van der Waals surface area contributed by atoms with Crippen molar-refractivity contribution in [3.05, 3.63) is 12.2 Å². The van der Waals surface area contributed by atoms with Crippen LogP contribution in [0.1, 0.15) is 181 Å². The highest BCUT2D eigenvalue weighted by atomic mass is 31.2. The average molecular weight is 809 g/mol. The number of esters is 2. The third-order valence-electron chi connectivity index (χ3n) is 10.1. The van der Waals surface area contributed by atoms with Gasteiger partial charge >= 0.3 is 19.8 Å². The Balaban J connectivity index is 2.48. The van der Waals surface area contributed by atoms with E-state index >= 15 is 0 Å². The lowest BCUT2D eigenvalue weighted by atomic mass is 9.85. The van der Waals surface area contributed by atoms with Crippen LogP contribution in [0.2, 0.25) is 0 Å². The molecule has 1 aliphatic carbocycles. The quantitative estimate of drug-likeness (QED) is 0.0159. The summed E-state index contributed by atoms with van der Waals surface area (Å²) in [5.41, 5.74) is 0. The number of aliphatic hydroxyl groups excluding tert-OH is 5. The topological polar surface area (TPSA) is 210 Å². The summed E-state index contributed by atoms with van der Waals surface area (Å²) in [7, 11) is -5.11. The number of phosphoric ester groups is 1. The van der Waals surface area contributed by atoms with Gasteiger partial charge in [-0.2, -0.15) is 0 Å². The first-order valence-corrected chi connectivity index (χ1v) is 23.0. The highest BCUT2D eigenvalue weighted by molar-refractivity contribution is 7.47. The number of allylic oxidation sites excluding steroid dienone is 2. The van der Waals surface area contributed by atoms with Gasteiger partial charge in [-0.15, -0.1) is 0 Å². The lowest BCUT2D eigenvalue weighted by Crippen LogP contribution is -2.64. The van der Waals surface area contributed by atoms with Crippen molar-refractivity contribution < 1.29 is 63.1 Å². The molecule has 13 nitrogen and oxygen atoms in total. The van der Waals surface area contributed by atoms with Crippen molar-refractivity contribution in [1.29, 1.82) is 0 Å². The van der Waals surface area contributed by atoms with Gasteiger partial charge in [-0.25, -0.2) is 4.57 Å². The molecule has 0 aromatic heterocycles. The van der Waals surface area contributed by atoms with Gasteiger partial charge in [0.15, 0.2) is 6.10 Å². The lowest BCUT2D eigenvalue weighted by Gasteiger charge is -2.41. The van der Waals surface area contributed by atoms with Crippen molar-refractivity contribution in [3.63, 3.8) is 0 Å². The highest BCUT2D eigenvalue weighted by Crippen LogP contribution is 2.47. The fourth-order valence-electron chi connectivity index (χ4n) is 6.58. The minimum absolute atomic E-state index is 0.100. The van der Waals surface area contributed by atoms with Crippen LogP contribution in [0.3, 0.4) is 0 Å². The van der Waals surface area contributed by atoms with E-state index in [1.807, 2.05) is 0 Å². The summed E-state index contributed by atoms with van der Waals surface area (Å²) in [4.78, 5) is 35.5. The normalized spacial score (nSPS) is 23.1. The number of unbranched alkanes of at least 4 members (excludes halogenated alkanes) is 21. The first-order chi connectivity index (χ1) is 26.4. The molecule has 6 unspecified atom stereocenters. The van der Waals surface area contributed by atoms with Gasteiger partial charge in [0.05, 0.1) is 6.61 Å². The van der Waals surface area contributed by atoms with Crippen molar-refractivity contribution in [2.24, 2.45) is 0 Å². The lowest BCUT2D eigenvalue weighted by molar-refractivity contribution is -0.220. The molecule has 8 atom stereocenters. The van der Waals surface area contributed by atoms with E-state index in [1.165, 1.54) is 83.5 Å². The van der Waals surface area contributed by atoms with E-state index in [9.17, 15) is 44.6 Å². The van der Waals surface area contributed by atoms with E-state index in [0.29, 0.717) is 12.8 Å². The van der Waals surface area contributed by atoms with Crippen molar-refractivity contribution in [2.45, 2.75) is 224 Å². The summed E-state index contributed by atoms with van der Waals surface area (Å²) >= 11 is 0. The van der Waals surface area contributed by atoms with Crippen LogP contribution in [0, 0.1) is 0 Å². The van der Waals surface area contributed by atoms with Crippen LogP contribution in [0.15, 0.2) is 12.2 Å². The van der Waals surface area contributed by atoms with E-state index in [0.717, 1.165) is 57.8 Å². The molecule has 0 spiro atoms. The number of hydrogen-bond donors (Lipinski definition) is 6. The van der Waals surface area contributed by atoms with Gasteiger partial charge in [0.1, 0.15) is 43.2 Å². The third kappa shape index (κ3) is 25.5. The van der Waals surface area contributed by atoms with Crippen molar-refractivity contribution in [1.82, 2.24) is 0 Å². The van der Waals surface area contributed by atoms with Gasteiger partial charge in [-0.3, -0.25) is 18.6 Å². The van der Waals surface area contributed by atoms with Crippen LogP contribution < -0.4 is 0 Å². The van der Waals surface area contributed by atoms with Crippen molar-refractivity contribution in [3.8, 4) is 0 Å². The maximum absolute atomic E-state index is 12.8. The Kier molecular flexibility index (Phi) is 30.5. The number of aliphatic hydroxyl groups is 5. The molecule has 0 bridgehead atoms. The van der Waals surface area contributed by atoms with Gasteiger partial charge in [0.25, 0.3) is 0 Å². The van der Waals surface area contributed by atoms with Crippen LogP contribution in [-0.4, -0.2) is 98.3 Å². The molecule has 1 rings (SSSR count). The first-order valence-electron chi connectivity index (χ1n) is 21.5. The SMILES string of the molecule is CCCCCC/C=C/CCCCCCCCCC(=O)OC[C@H](COP(=O)(O)OC1C(O)C(O)C(O)[C@@H](O)C1O)OC(=O)CCCCCCCCCCCCC. The molecule has 6 N–H and O–H groups in total.